The molecule has 0 bridgehead atoms. The minimum atomic E-state index is -3.72. The third-order valence-corrected chi connectivity index (χ3v) is 6.42. The van der Waals surface area contributed by atoms with Gasteiger partial charge in [-0.3, -0.25) is 9.59 Å². The summed E-state index contributed by atoms with van der Waals surface area (Å²) < 4.78 is 40.5. The van der Waals surface area contributed by atoms with E-state index in [1.165, 1.54) is 50.4 Å². The van der Waals surface area contributed by atoms with Crippen molar-refractivity contribution in [2.45, 2.75) is 24.7 Å². The molecule has 0 radical (unpaired) electrons. The van der Waals surface area contributed by atoms with Gasteiger partial charge in [0, 0.05) is 30.0 Å². The first-order valence-electron chi connectivity index (χ1n) is 8.43. The molecule has 0 saturated heterocycles. The molecule has 2 aromatic rings. The predicted octanol–water partition coefficient (Wildman–Crippen LogP) is 3.83. The number of carbonyl (C=O) groups excluding carboxylic acids is 2. The summed E-state index contributed by atoms with van der Waals surface area (Å²) in [5.74, 6) is -1.11. The first-order chi connectivity index (χ1) is 13.1. The van der Waals surface area contributed by atoms with Crippen LogP contribution in [0.25, 0.3) is 0 Å². The van der Waals surface area contributed by atoms with Gasteiger partial charge in [0.15, 0.2) is 5.78 Å². The second-order valence-electron chi connectivity index (χ2n) is 6.18. The van der Waals surface area contributed by atoms with Crippen LogP contribution < -0.4 is 5.32 Å². The molecule has 2 aromatic carbocycles. The number of ketones is 1. The van der Waals surface area contributed by atoms with Gasteiger partial charge in [0.05, 0.1) is 10.6 Å². The van der Waals surface area contributed by atoms with Crippen LogP contribution in [0.15, 0.2) is 51.8 Å². The molecule has 0 aliphatic heterocycles. The van der Waals surface area contributed by atoms with E-state index in [0.29, 0.717) is 10.0 Å². The van der Waals surface area contributed by atoms with Crippen LogP contribution in [0.3, 0.4) is 0 Å². The lowest BCUT2D eigenvalue weighted by Gasteiger charge is -2.17. The Morgan fingerprint density at radius 1 is 1.14 bits per heavy atom. The monoisotopic (exact) mass is 470 g/mol. The van der Waals surface area contributed by atoms with Gasteiger partial charge in [-0.1, -0.05) is 28.1 Å². The summed E-state index contributed by atoms with van der Waals surface area (Å²) in [5, 5.41) is 2.46. The highest BCUT2D eigenvalue weighted by Crippen LogP contribution is 2.20. The molecule has 150 valence electrons. The van der Waals surface area contributed by atoms with E-state index in [0.717, 1.165) is 4.31 Å². The first kappa shape index (κ1) is 22.2. The molecule has 1 amide bonds. The zero-order chi connectivity index (χ0) is 20.9. The molecule has 9 heteroatoms. The van der Waals surface area contributed by atoms with Crippen molar-refractivity contribution in [1.29, 1.82) is 0 Å². The summed E-state index contributed by atoms with van der Waals surface area (Å²) in [6.45, 7) is 1.52. The predicted molar refractivity (Wildman–Crippen MR) is 108 cm³/mol. The standard InChI is InChI=1S/C19H20BrFN2O4S/c1-13(24)14-5-8-16(9-6-14)28(26,27)23(2)11-3-4-19(25)22-18-10-7-15(20)12-17(18)21/h5-10,12H,3-4,11H2,1-2H3,(H,22,25). The quantitative estimate of drug-likeness (QED) is 0.594. The maximum Gasteiger partial charge on any atom is 0.242 e. The molecule has 0 saturated carbocycles. The second-order valence-corrected chi connectivity index (χ2v) is 9.14. The number of sulfonamides is 1. The molecule has 0 atom stereocenters. The van der Waals surface area contributed by atoms with Gasteiger partial charge in [-0.2, -0.15) is 0 Å². The SMILES string of the molecule is CC(=O)c1ccc(S(=O)(=O)N(C)CCCC(=O)Nc2ccc(Br)cc2F)cc1. The fourth-order valence-corrected chi connectivity index (χ4v) is 3.97. The van der Waals surface area contributed by atoms with Crippen molar-refractivity contribution in [2.24, 2.45) is 0 Å². The minimum absolute atomic E-state index is 0.0403. The van der Waals surface area contributed by atoms with E-state index < -0.39 is 21.7 Å². The zero-order valence-electron chi connectivity index (χ0n) is 15.4. The van der Waals surface area contributed by atoms with Crippen LogP contribution in [0.2, 0.25) is 0 Å². The molecule has 0 aliphatic rings. The molecule has 28 heavy (non-hydrogen) atoms. The summed E-state index contributed by atoms with van der Waals surface area (Å²) in [5.41, 5.74) is 0.498. The summed E-state index contributed by atoms with van der Waals surface area (Å²) in [6, 6.07) is 9.98. The average Bonchev–Trinajstić information content (AvgIpc) is 2.64. The van der Waals surface area contributed by atoms with E-state index in [-0.39, 0.29) is 35.8 Å². The maximum atomic E-state index is 13.7. The van der Waals surface area contributed by atoms with Gasteiger partial charge in [0.1, 0.15) is 5.82 Å². The van der Waals surface area contributed by atoms with E-state index in [4.69, 9.17) is 0 Å². The molecular formula is C19H20BrFN2O4S. The molecule has 0 spiro atoms. The summed E-state index contributed by atoms with van der Waals surface area (Å²) in [6.07, 6.45) is 0.309. The highest BCUT2D eigenvalue weighted by Gasteiger charge is 2.21. The Labute approximate surface area is 171 Å². The number of carbonyl (C=O) groups is 2. The lowest BCUT2D eigenvalue weighted by atomic mass is 10.2. The van der Waals surface area contributed by atoms with Crippen molar-refractivity contribution in [1.82, 2.24) is 4.31 Å². The third kappa shape index (κ3) is 5.70. The van der Waals surface area contributed by atoms with Crippen molar-refractivity contribution in [2.75, 3.05) is 18.9 Å². The smallest absolute Gasteiger partial charge is 0.242 e. The largest absolute Gasteiger partial charge is 0.324 e. The number of amides is 1. The number of benzene rings is 2. The highest BCUT2D eigenvalue weighted by molar-refractivity contribution is 9.10. The lowest BCUT2D eigenvalue weighted by Crippen LogP contribution is -2.28. The van der Waals surface area contributed by atoms with Gasteiger partial charge < -0.3 is 5.32 Å². The van der Waals surface area contributed by atoms with Crippen molar-refractivity contribution in [3.05, 3.63) is 58.3 Å². The molecule has 1 N–H and O–H groups in total. The first-order valence-corrected chi connectivity index (χ1v) is 10.7. The maximum absolute atomic E-state index is 13.7. The molecular weight excluding hydrogens is 451 g/mol. The Hall–Kier alpha value is -2.10. The van der Waals surface area contributed by atoms with Gasteiger partial charge in [-0.05, 0) is 43.7 Å². The molecule has 0 fully saturated rings. The van der Waals surface area contributed by atoms with Crippen molar-refractivity contribution in [3.63, 3.8) is 0 Å². The summed E-state index contributed by atoms with van der Waals surface area (Å²) in [7, 11) is -2.31. The van der Waals surface area contributed by atoms with Crippen LogP contribution in [0.5, 0.6) is 0 Å². The van der Waals surface area contributed by atoms with E-state index >= 15 is 0 Å². The van der Waals surface area contributed by atoms with Crippen molar-refractivity contribution < 1.29 is 22.4 Å². The van der Waals surface area contributed by atoms with Crippen molar-refractivity contribution >= 4 is 43.3 Å². The number of rotatable bonds is 8. The lowest BCUT2D eigenvalue weighted by molar-refractivity contribution is -0.116. The van der Waals surface area contributed by atoms with Gasteiger partial charge in [-0.15, -0.1) is 0 Å². The normalized spacial score (nSPS) is 11.5. The molecule has 0 unspecified atom stereocenters. The Kier molecular flexibility index (Phi) is 7.45. The Bertz CT molecular complexity index is 978. The fraction of sp³-hybridized carbons (Fsp3) is 0.263. The molecule has 2 rings (SSSR count). The number of Topliss-reactive ketones (excluding diaryl/α,β-unsaturated/α-hetero) is 1. The average molecular weight is 471 g/mol. The molecule has 0 aromatic heterocycles. The van der Waals surface area contributed by atoms with Gasteiger partial charge in [-0.25, -0.2) is 17.1 Å². The van der Waals surface area contributed by atoms with Crippen LogP contribution >= 0.6 is 15.9 Å². The van der Waals surface area contributed by atoms with Gasteiger partial charge in [0.2, 0.25) is 15.9 Å². The zero-order valence-corrected chi connectivity index (χ0v) is 17.8. The molecule has 6 nitrogen and oxygen atoms in total. The fourth-order valence-electron chi connectivity index (χ4n) is 2.43. The Balaban J connectivity index is 1.90. The van der Waals surface area contributed by atoms with Crippen LogP contribution in [0.1, 0.15) is 30.1 Å². The Morgan fingerprint density at radius 2 is 1.79 bits per heavy atom. The van der Waals surface area contributed by atoms with Crippen LogP contribution in [-0.4, -0.2) is 38.0 Å². The van der Waals surface area contributed by atoms with E-state index in [2.05, 4.69) is 21.2 Å². The molecule has 0 aliphatic carbocycles. The number of hydrogen-bond donors (Lipinski definition) is 1. The van der Waals surface area contributed by atoms with Crippen LogP contribution in [-0.2, 0) is 14.8 Å². The Morgan fingerprint density at radius 3 is 2.36 bits per heavy atom. The van der Waals surface area contributed by atoms with E-state index in [9.17, 15) is 22.4 Å². The van der Waals surface area contributed by atoms with Crippen LogP contribution in [0, 0.1) is 5.82 Å². The highest BCUT2D eigenvalue weighted by atomic mass is 79.9. The van der Waals surface area contributed by atoms with Crippen molar-refractivity contribution in [3.8, 4) is 0 Å². The third-order valence-electron chi connectivity index (χ3n) is 4.05. The summed E-state index contributed by atoms with van der Waals surface area (Å²) in [4.78, 5) is 23.3. The van der Waals surface area contributed by atoms with E-state index in [1.54, 1.807) is 6.07 Å². The number of halogens is 2. The minimum Gasteiger partial charge on any atom is -0.324 e. The van der Waals surface area contributed by atoms with E-state index in [1.807, 2.05) is 0 Å². The molecule has 0 heterocycles. The van der Waals surface area contributed by atoms with Crippen LogP contribution in [0.4, 0.5) is 10.1 Å². The number of anilines is 1. The summed E-state index contributed by atoms with van der Waals surface area (Å²) >= 11 is 3.14. The second kappa shape index (κ2) is 9.40. The number of nitrogens with one attached hydrogen (secondary N) is 1. The van der Waals surface area contributed by atoms with Gasteiger partial charge in [0.25, 0.3) is 0 Å². The number of nitrogens with zero attached hydrogens (tertiary/aromatic N) is 1. The number of hydrogen-bond acceptors (Lipinski definition) is 4. The topological polar surface area (TPSA) is 83.6 Å². The van der Waals surface area contributed by atoms with Gasteiger partial charge >= 0.3 is 0 Å².